The van der Waals surface area contributed by atoms with E-state index in [-0.39, 0.29) is 11.8 Å². The normalized spacial score (nSPS) is 17.6. The second kappa shape index (κ2) is 4.90. The minimum atomic E-state index is -0.599. The molecule has 1 heterocycles. The molecule has 1 aliphatic rings. The number of anilines is 1. The van der Waals surface area contributed by atoms with Gasteiger partial charge in [-0.2, -0.15) is 0 Å². The first-order valence-corrected chi connectivity index (χ1v) is 6.58. The van der Waals surface area contributed by atoms with Crippen molar-refractivity contribution in [2.75, 3.05) is 5.32 Å². The van der Waals surface area contributed by atoms with Crippen molar-refractivity contribution in [3.63, 3.8) is 0 Å². The number of fused-ring (bicyclic) bond motifs is 1. The summed E-state index contributed by atoms with van der Waals surface area (Å²) in [4.78, 5) is 11.3. The van der Waals surface area contributed by atoms with E-state index in [4.69, 9.17) is 11.6 Å². The second-order valence-corrected chi connectivity index (χ2v) is 5.71. The van der Waals surface area contributed by atoms with Gasteiger partial charge in [-0.15, -0.1) is 0 Å². The van der Waals surface area contributed by atoms with Crippen LogP contribution in [0, 0.1) is 11.8 Å². The Balaban J connectivity index is 2.35. The lowest BCUT2D eigenvalue weighted by Crippen LogP contribution is -2.15. The molecule has 1 aromatic rings. The van der Waals surface area contributed by atoms with Crippen LogP contribution < -0.4 is 5.32 Å². The number of rotatable bonds is 3. The Hall–Kier alpha value is -1.06. The third-order valence-corrected chi connectivity index (χ3v) is 4.04. The van der Waals surface area contributed by atoms with Crippen molar-refractivity contribution >= 4 is 23.2 Å². The monoisotopic (exact) mass is 267 g/mol. The van der Waals surface area contributed by atoms with Crippen LogP contribution in [0.5, 0.6) is 0 Å². The Labute approximate surface area is 112 Å². The van der Waals surface area contributed by atoms with Crippen LogP contribution in [0.3, 0.4) is 0 Å². The molecule has 0 aliphatic carbocycles. The zero-order valence-corrected chi connectivity index (χ0v) is 11.6. The van der Waals surface area contributed by atoms with E-state index in [1.165, 1.54) is 0 Å². The van der Waals surface area contributed by atoms with Crippen molar-refractivity contribution in [1.29, 1.82) is 0 Å². The largest absolute Gasteiger partial charge is 0.388 e. The van der Waals surface area contributed by atoms with Crippen LogP contribution in [-0.4, -0.2) is 11.0 Å². The minimum Gasteiger partial charge on any atom is -0.388 e. The molecule has 18 heavy (non-hydrogen) atoms. The average molecular weight is 268 g/mol. The van der Waals surface area contributed by atoms with Gasteiger partial charge in [0.2, 0.25) is 5.91 Å². The number of hydrogen-bond donors (Lipinski definition) is 2. The van der Waals surface area contributed by atoms with Gasteiger partial charge in [0.25, 0.3) is 0 Å². The maximum absolute atomic E-state index is 11.3. The Morgan fingerprint density at radius 3 is 2.61 bits per heavy atom. The number of carbonyl (C=O) groups excluding carboxylic acids is 1. The van der Waals surface area contributed by atoms with Gasteiger partial charge in [-0.1, -0.05) is 32.4 Å². The SMILES string of the molecule is CC(C)C(C)C(O)c1cc2c(cc1Cl)NC(=O)C2. The zero-order chi connectivity index (χ0) is 13.4. The summed E-state index contributed by atoms with van der Waals surface area (Å²) in [6.45, 7) is 6.14. The highest BCUT2D eigenvalue weighted by Gasteiger charge is 2.25. The second-order valence-electron chi connectivity index (χ2n) is 5.30. The fourth-order valence-corrected chi connectivity index (χ4v) is 2.42. The van der Waals surface area contributed by atoms with Gasteiger partial charge >= 0.3 is 0 Å². The molecule has 1 amide bonds. The molecule has 2 rings (SSSR count). The Morgan fingerprint density at radius 1 is 1.33 bits per heavy atom. The van der Waals surface area contributed by atoms with Crippen LogP contribution in [0.15, 0.2) is 12.1 Å². The molecule has 2 atom stereocenters. The van der Waals surface area contributed by atoms with Crippen LogP contribution in [0.25, 0.3) is 0 Å². The predicted octanol–water partition coefficient (Wildman–Crippen LogP) is 3.16. The van der Waals surface area contributed by atoms with Crippen LogP contribution in [-0.2, 0) is 11.2 Å². The maximum Gasteiger partial charge on any atom is 0.228 e. The number of benzene rings is 1. The van der Waals surface area contributed by atoms with Crippen molar-refractivity contribution in [2.24, 2.45) is 11.8 Å². The highest BCUT2D eigenvalue weighted by Crippen LogP contribution is 2.36. The van der Waals surface area contributed by atoms with Gasteiger partial charge in [0.05, 0.1) is 12.5 Å². The smallest absolute Gasteiger partial charge is 0.228 e. The highest BCUT2D eigenvalue weighted by atomic mass is 35.5. The number of nitrogens with one attached hydrogen (secondary N) is 1. The van der Waals surface area contributed by atoms with Gasteiger partial charge in [0, 0.05) is 10.7 Å². The van der Waals surface area contributed by atoms with Crippen LogP contribution >= 0.6 is 11.6 Å². The summed E-state index contributed by atoms with van der Waals surface area (Å²) in [5.41, 5.74) is 2.39. The highest BCUT2D eigenvalue weighted by molar-refractivity contribution is 6.32. The van der Waals surface area contributed by atoms with E-state index in [0.29, 0.717) is 22.9 Å². The third kappa shape index (κ3) is 2.38. The molecule has 1 aliphatic heterocycles. The molecule has 2 N–H and O–H groups in total. The molecule has 0 bridgehead atoms. The summed E-state index contributed by atoms with van der Waals surface area (Å²) in [7, 11) is 0. The van der Waals surface area contributed by atoms with E-state index in [2.05, 4.69) is 19.2 Å². The number of hydrogen-bond acceptors (Lipinski definition) is 2. The molecule has 2 unspecified atom stereocenters. The molecule has 0 spiro atoms. The quantitative estimate of drug-likeness (QED) is 0.884. The number of halogens is 1. The molecule has 0 radical (unpaired) electrons. The van der Waals surface area contributed by atoms with Crippen molar-refractivity contribution in [2.45, 2.75) is 33.3 Å². The molecule has 4 heteroatoms. The number of amides is 1. The van der Waals surface area contributed by atoms with Gasteiger partial charge in [0.15, 0.2) is 0 Å². The van der Waals surface area contributed by atoms with Gasteiger partial charge in [-0.3, -0.25) is 4.79 Å². The predicted molar refractivity (Wildman–Crippen MR) is 72.7 cm³/mol. The van der Waals surface area contributed by atoms with E-state index in [0.717, 1.165) is 11.3 Å². The zero-order valence-electron chi connectivity index (χ0n) is 10.8. The van der Waals surface area contributed by atoms with Gasteiger partial charge < -0.3 is 10.4 Å². The van der Waals surface area contributed by atoms with Crippen molar-refractivity contribution < 1.29 is 9.90 Å². The lowest BCUT2D eigenvalue weighted by molar-refractivity contribution is -0.115. The van der Waals surface area contributed by atoms with Crippen LogP contribution in [0.2, 0.25) is 5.02 Å². The third-order valence-electron chi connectivity index (χ3n) is 3.72. The van der Waals surface area contributed by atoms with E-state index < -0.39 is 6.10 Å². The molecular formula is C14H18ClNO2. The van der Waals surface area contributed by atoms with Crippen LogP contribution in [0.4, 0.5) is 5.69 Å². The standard InChI is InChI=1S/C14H18ClNO2/c1-7(2)8(3)14(18)10-4-9-5-13(17)16-12(9)6-11(10)15/h4,6-8,14,18H,5H2,1-3H3,(H,16,17). The Bertz CT molecular complexity index is 485. The molecule has 0 saturated heterocycles. The summed E-state index contributed by atoms with van der Waals surface area (Å²) in [5, 5.41) is 13.6. The van der Waals surface area contributed by atoms with E-state index in [9.17, 15) is 9.90 Å². The summed E-state index contributed by atoms with van der Waals surface area (Å²) >= 11 is 6.19. The summed E-state index contributed by atoms with van der Waals surface area (Å²) in [6, 6.07) is 3.58. The Kier molecular flexibility index (Phi) is 3.64. The molecule has 1 aromatic carbocycles. The molecule has 0 fully saturated rings. The molecule has 0 aromatic heterocycles. The summed E-state index contributed by atoms with van der Waals surface area (Å²) < 4.78 is 0. The summed E-state index contributed by atoms with van der Waals surface area (Å²) in [6.07, 6.45) is -0.235. The first-order chi connectivity index (χ1) is 8.40. The van der Waals surface area contributed by atoms with Crippen molar-refractivity contribution in [3.05, 3.63) is 28.3 Å². The fourth-order valence-electron chi connectivity index (χ4n) is 2.14. The lowest BCUT2D eigenvalue weighted by atomic mass is 9.87. The number of carbonyl (C=O) groups is 1. The topological polar surface area (TPSA) is 49.3 Å². The van der Waals surface area contributed by atoms with E-state index >= 15 is 0 Å². The first kappa shape index (κ1) is 13.4. The van der Waals surface area contributed by atoms with Crippen molar-refractivity contribution in [3.8, 4) is 0 Å². The molecule has 0 saturated carbocycles. The van der Waals surface area contributed by atoms with Gasteiger partial charge in [-0.25, -0.2) is 0 Å². The lowest BCUT2D eigenvalue weighted by Gasteiger charge is -2.24. The number of aliphatic hydroxyl groups excluding tert-OH is 1. The van der Waals surface area contributed by atoms with Gasteiger partial charge in [-0.05, 0) is 35.1 Å². The first-order valence-electron chi connectivity index (χ1n) is 6.20. The fraction of sp³-hybridized carbons (Fsp3) is 0.500. The Morgan fingerprint density at radius 2 is 2.00 bits per heavy atom. The number of aliphatic hydroxyl groups is 1. The van der Waals surface area contributed by atoms with Crippen LogP contribution in [0.1, 0.15) is 38.0 Å². The molecular weight excluding hydrogens is 250 g/mol. The molecule has 3 nitrogen and oxygen atoms in total. The average Bonchev–Trinajstić information content (AvgIpc) is 2.65. The maximum atomic E-state index is 11.3. The minimum absolute atomic E-state index is 0.0235. The summed E-state index contributed by atoms with van der Waals surface area (Å²) in [5.74, 6) is 0.458. The van der Waals surface area contributed by atoms with Crippen molar-refractivity contribution in [1.82, 2.24) is 0 Å². The van der Waals surface area contributed by atoms with E-state index in [1.807, 2.05) is 13.0 Å². The van der Waals surface area contributed by atoms with E-state index in [1.54, 1.807) is 6.07 Å². The molecule has 98 valence electrons. The van der Waals surface area contributed by atoms with Gasteiger partial charge in [0.1, 0.15) is 0 Å².